The van der Waals surface area contributed by atoms with Gasteiger partial charge >= 0.3 is 0 Å². The van der Waals surface area contributed by atoms with Gasteiger partial charge in [0.25, 0.3) is 0 Å². The van der Waals surface area contributed by atoms with Crippen molar-refractivity contribution in [2.24, 2.45) is 5.73 Å². The summed E-state index contributed by atoms with van der Waals surface area (Å²) in [7, 11) is 0. The highest BCUT2D eigenvalue weighted by Crippen LogP contribution is 2.12. The van der Waals surface area contributed by atoms with Gasteiger partial charge in [0.15, 0.2) is 5.15 Å². The quantitative estimate of drug-likeness (QED) is 0.727. The van der Waals surface area contributed by atoms with Crippen LogP contribution < -0.4 is 5.73 Å². The molecule has 1 aromatic rings. The van der Waals surface area contributed by atoms with Gasteiger partial charge in [-0.05, 0) is 18.1 Å². The third-order valence-electron chi connectivity index (χ3n) is 1.46. The third kappa shape index (κ3) is 1.88. The zero-order valence-corrected chi connectivity index (χ0v) is 7.10. The number of nitrogens with zero attached hydrogens (tertiary/aromatic N) is 2. The number of hydrogen-bond acceptors (Lipinski definition) is 3. The van der Waals surface area contributed by atoms with Crippen molar-refractivity contribution < 1.29 is 0 Å². The zero-order chi connectivity index (χ0) is 8.27. The van der Waals surface area contributed by atoms with Gasteiger partial charge in [-0.25, -0.2) is 0 Å². The van der Waals surface area contributed by atoms with Crippen LogP contribution in [0.4, 0.5) is 0 Å². The van der Waals surface area contributed by atoms with E-state index < -0.39 is 0 Å². The Morgan fingerprint density at radius 3 is 2.82 bits per heavy atom. The van der Waals surface area contributed by atoms with Crippen molar-refractivity contribution in [2.75, 3.05) is 0 Å². The van der Waals surface area contributed by atoms with Crippen molar-refractivity contribution in [2.45, 2.75) is 19.9 Å². The second-order valence-corrected chi connectivity index (χ2v) is 2.57. The molecule has 0 bridgehead atoms. The maximum atomic E-state index is 5.74. The molecule has 0 aromatic carbocycles. The molecule has 0 aliphatic heterocycles. The highest BCUT2D eigenvalue weighted by molar-refractivity contribution is 6.30. The minimum absolute atomic E-state index is 0.414. The fraction of sp³-hybridized carbons (Fsp3) is 0.429. The lowest BCUT2D eigenvalue weighted by molar-refractivity contribution is 0.878. The largest absolute Gasteiger partial charge is 0.325 e. The molecule has 60 valence electrons. The van der Waals surface area contributed by atoms with Crippen molar-refractivity contribution in [3.05, 3.63) is 22.5 Å². The molecule has 1 heterocycles. The second-order valence-electron chi connectivity index (χ2n) is 2.21. The van der Waals surface area contributed by atoms with Gasteiger partial charge in [-0.1, -0.05) is 18.5 Å². The van der Waals surface area contributed by atoms with Crippen LogP contribution in [-0.4, -0.2) is 10.2 Å². The molecule has 3 nitrogen and oxygen atoms in total. The molecule has 1 aromatic heterocycles. The van der Waals surface area contributed by atoms with E-state index in [0.717, 1.165) is 17.7 Å². The molecule has 0 spiro atoms. The average Bonchev–Trinajstić information content (AvgIpc) is 2.05. The van der Waals surface area contributed by atoms with Crippen molar-refractivity contribution in [1.82, 2.24) is 10.2 Å². The fourth-order valence-electron chi connectivity index (χ4n) is 0.810. The summed E-state index contributed by atoms with van der Waals surface area (Å²) in [6.07, 6.45) is 0.862. The zero-order valence-electron chi connectivity index (χ0n) is 6.34. The van der Waals surface area contributed by atoms with Gasteiger partial charge in [-0.3, -0.25) is 0 Å². The number of aryl methyl sites for hydroxylation is 1. The minimum atomic E-state index is 0.414. The van der Waals surface area contributed by atoms with Crippen LogP contribution in [0.15, 0.2) is 6.07 Å². The van der Waals surface area contributed by atoms with Gasteiger partial charge in [0.2, 0.25) is 0 Å². The maximum absolute atomic E-state index is 5.74. The molecule has 1 rings (SSSR count). The normalized spacial score (nSPS) is 10.1. The Morgan fingerprint density at radius 1 is 1.55 bits per heavy atom. The Bertz CT molecular complexity index is 249. The molecule has 0 unspecified atom stereocenters. The van der Waals surface area contributed by atoms with E-state index in [-0.39, 0.29) is 0 Å². The first-order valence-electron chi connectivity index (χ1n) is 3.49. The number of nitrogens with two attached hydrogens (primary N) is 1. The Morgan fingerprint density at radius 2 is 2.27 bits per heavy atom. The number of aromatic nitrogens is 2. The molecule has 0 amide bonds. The van der Waals surface area contributed by atoms with Gasteiger partial charge in [0.05, 0.1) is 5.69 Å². The van der Waals surface area contributed by atoms with Crippen LogP contribution in [0.3, 0.4) is 0 Å². The monoisotopic (exact) mass is 171 g/mol. The van der Waals surface area contributed by atoms with Crippen molar-refractivity contribution in [1.29, 1.82) is 0 Å². The van der Waals surface area contributed by atoms with Gasteiger partial charge in [0, 0.05) is 6.54 Å². The van der Waals surface area contributed by atoms with Crippen molar-refractivity contribution >= 4 is 11.6 Å². The molecule has 0 aliphatic rings. The first kappa shape index (κ1) is 8.43. The number of hydrogen-bond donors (Lipinski definition) is 1. The van der Waals surface area contributed by atoms with Crippen LogP contribution in [0, 0.1) is 0 Å². The summed E-state index contributed by atoms with van der Waals surface area (Å²) in [6.45, 7) is 2.43. The van der Waals surface area contributed by atoms with Crippen LogP contribution in [0.2, 0.25) is 5.15 Å². The van der Waals surface area contributed by atoms with Gasteiger partial charge in [-0.15, -0.1) is 5.10 Å². The Hall–Kier alpha value is -0.670. The summed E-state index contributed by atoms with van der Waals surface area (Å²) >= 11 is 5.74. The summed E-state index contributed by atoms with van der Waals surface area (Å²) in [4.78, 5) is 0. The molecule has 4 heteroatoms. The van der Waals surface area contributed by atoms with Crippen LogP contribution in [-0.2, 0) is 13.0 Å². The van der Waals surface area contributed by atoms with Crippen LogP contribution >= 0.6 is 11.6 Å². The summed E-state index contributed by atoms with van der Waals surface area (Å²) in [6, 6.07) is 1.88. The summed E-state index contributed by atoms with van der Waals surface area (Å²) in [5.41, 5.74) is 7.16. The Balaban J connectivity index is 3.02. The Labute approximate surface area is 70.6 Å². The van der Waals surface area contributed by atoms with Gasteiger partial charge < -0.3 is 5.73 Å². The predicted octanol–water partition coefficient (Wildman–Crippen LogP) is 1.15. The van der Waals surface area contributed by atoms with Crippen LogP contribution in [0.1, 0.15) is 18.2 Å². The van der Waals surface area contributed by atoms with E-state index in [2.05, 4.69) is 10.2 Å². The van der Waals surface area contributed by atoms with Crippen molar-refractivity contribution in [3.8, 4) is 0 Å². The van der Waals surface area contributed by atoms with Crippen LogP contribution in [0.5, 0.6) is 0 Å². The maximum Gasteiger partial charge on any atom is 0.154 e. The van der Waals surface area contributed by atoms with E-state index in [0.29, 0.717) is 11.7 Å². The Kier molecular flexibility index (Phi) is 2.79. The van der Waals surface area contributed by atoms with Crippen LogP contribution in [0.25, 0.3) is 0 Å². The summed E-state index contributed by atoms with van der Waals surface area (Å²) in [5.74, 6) is 0. The summed E-state index contributed by atoms with van der Waals surface area (Å²) in [5, 5.41) is 8.03. The molecule has 2 N–H and O–H groups in total. The fourth-order valence-corrected chi connectivity index (χ4v) is 1.04. The second kappa shape index (κ2) is 3.64. The first-order chi connectivity index (χ1) is 5.27. The van der Waals surface area contributed by atoms with E-state index in [1.807, 2.05) is 13.0 Å². The molecule has 0 saturated heterocycles. The predicted molar refractivity (Wildman–Crippen MR) is 44.3 cm³/mol. The van der Waals surface area contributed by atoms with Crippen molar-refractivity contribution in [3.63, 3.8) is 0 Å². The highest BCUT2D eigenvalue weighted by atomic mass is 35.5. The van der Waals surface area contributed by atoms with E-state index in [9.17, 15) is 0 Å². The van der Waals surface area contributed by atoms with E-state index in [4.69, 9.17) is 17.3 Å². The lowest BCUT2D eigenvalue weighted by atomic mass is 10.2. The molecule has 0 atom stereocenters. The minimum Gasteiger partial charge on any atom is -0.325 e. The van der Waals surface area contributed by atoms with Gasteiger partial charge in [0.1, 0.15) is 0 Å². The molecule has 0 fully saturated rings. The molecule has 0 saturated carbocycles. The average molecular weight is 172 g/mol. The topological polar surface area (TPSA) is 51.8 Å². The number of rotatable bonds is 2. The lowest BCUT2D eigenvalue weighted by Gasteiger charge is -2.00. The smallest absolute Gasteiger partial charge is 0.154 e. The molecule has 11 heavy (non-hydrogen) atoms. The standard InChI is InChI=1S/C7H10ClN3/c1-2-5-3-6(4-9)10-11-7(5)8/h3H,2,4,9H2,1H3. The number of halogens is 1. The summed E-state index contributed by atoms with van der Waals surface area (Å²) < 4.78 is 0. The molecule has 0 aliphatic carbocycles. The third-order valence-corrected chi connectivity index (χ3v) is 1.78. The first-order valence-corrected chi connectivity index (χ1v) is 3.86. The van der Waals surface area contributed by atoms with E-state index >= 15 is 0 Å². The molecule has 0 radical (unpaired) electrons. The highest BCUT2D eigenvalue weighted by Gasteiger charge is 2.00. The lowest BCUT2D eigenvalue weighted by Crippen LogP contribution is -2.02. The van der Waals surface area contributed by atoms with E-state index in [1.165, 1.54) is 0 Å². The molecular formula is C7H10ClN3. The van der Waals surface area contributed by atoms with Gasteiger partial charge in [-0.2, -0.15) is 5.10 Å². The SMILES string of the molecule is CCc1cc(CN)nnc1Cl. The van der Waals surface area contributed by atoms with E-state index in [1.54, 1.807) is 0 Å². The molecular weight excluding hydrogens is 162 g/mol.